The fourth-order valence-corrected chi connectivity index (χ4v) is 2.90. The van der Waals surface area contributed by atoms with Crippen molar-refractivity contribution >= 4 is 35.4 Å². The average Bonchev–Trinajstić information content (AvgIpc) is 2.82. The molecule has 0 aliphatic carbocycles. The zero-order valence-electron chi connectivity index (χ0n) is 23.0. The molecule has 0 heterocycles. The Hall–Kier alpha value is -3.86. The molecule has 0 aromatic rings. The lowest BCUT2D eigenvalue weighted by Crippen LogP contribution is -2.34. The molecule has 4 atom stereocenters. The minimum atomic E-state index is -0.991. The normalized spacial score (nSPS) is 13.4. The van der Waals surface area contributed by atoms with Gasteiger partial charge in [-0.1, -0.05) is 25.3 Å². The zero-order valence-corrected chi connectivity index (χ0v) is 23.0. The molecule has 0 saturated heterocycles. The van der Waals surface area contributed by atoms with Crippen LogP contribution in [0.3, 0.4) is 0 Å². The fourth-order valence-electron chi connectivity index (χ4n) is 2.90. The summed E-state index contributed by atoms with van der Waals surface area (Å²) in [7, 11) is 0. The van der Waals surface area contributed by atoms with Gasteiger partial charge in [0.2, 0.25) is 0 Å². The predicted molar refractivity (Wildman–Crippen MR) is 140 cm³/mol. The quantitative estimate of drug-likeness (QED) is 0.0724. The molecule has 11 nitrogen and oxygen atoms in total. The first-order valence-corrected chi connectivity index (χ1v) is 12.1. The highest BCUT2D eigenvalue weighted by molar-refractivity contribution is 5.94. The third kappa shape index (κ3) is 16.6. The van der Waals surface area contributed by atoms with Gasteiger partial charge in [0.05, 0.1) is 12.2 Å². The van der Waals surface area contributed by atoms with E-state index in [9.17, 15) is 28.8 Å². The van der Waals surface area contributed by atoms with E-state index in [4.69, 9.17) is 23.7 Å². The van der Waals surface area contributed by atoms with Crippen LogP contribution in [0.5, 0.6) is 0 Å². The summed E-state index contributed by atoms with van der Waals surface area (Å²) in [6.45, 7) is 19.1. The van der Waals surface area contributed by atoms with Crippen LogP contribution in [0.25, 0.3) is 0 Å². The van der Waals surface area contributed by atoms with Crippen LogP contribution in [-0.2, 0) is 52.5 Å². The third-order valence-corrected chi connectivity index (χ3v) is 4.75. The molecular formula is C28H38O11. The molecule has 0 aliphatic rings. The molecule has 4 unspecified atom stereocenters. The summed E-state index contributed by atoms with van der Waals surface area (Å²) in [5.41, 5.74) is 0.287. The van der Waals surface area contributed by atoms with Crippen molar-refractivity contribution < 1.29 is 52.5 Å². The van der Waals surface area contributed by atoms with Crippen LogP contribution in [0.4, 0.5) is 0 Å². The monoisotopic (exact) mass is 550 g/mol. The molecule has 39 heavy (non-hydrogen) atoms. The van der Waals surface area contributed by atoms with E-state index in [1.165, 1.54) is 39.8 Å². The summed E-state index contributed by atoms with van der Waals surface area (Å²) in [5.74, 6) is -3.81. The lowest BCUT2D eigenvalue weighted by atomic mass is 10.1. The highest BCUT2D eigenvalue weighted by atomic mass is 16.6. The maximum atomic E-state index is 12.1. The maximum absolute atomic E-state index is 12.1. The van der Waals surface area contributed by atoms with Crippen LogP contribution in [0.2, 0.25) is 0 Å². The van der Waals surface area contributed by atoms with Gasteiger partial charge in [-0.3, -0.25) is 19.2 Å². The number of ether oxygens (including phenoxy) is 5. The van der Waals surface area contributed by atoms with Gasteiger partial charge in [0.25, 0.3) is 0 Å². The van der Waals surface area contributed by atoms with Crippen molar-refractivity contribution in [3.05, 3.63) is 49.6 Å². The molecule has 0 aromatic heterocycles. The Morgan fingerprint density at radius 1 is 0.641 bits per heavy atom. The van der Waals surface area contributed by atoms with Crippen molar-refractivity contribution in [1.82, 2.24) is 0 Å². The van der Waals surface area contributed by atoms with E-state index in [2.05, 4.69) is 26.3 Å². The first-order valence-electron chi connectivity index (χ1n) is 12.1. The largest absolute Gasteiger partial charge is 0.458 e. The topological polar surface area (TPSA) is 149 Å². The second-order valence-electron chi connectivity index (χ2n) is 8.89. The number of hydrogen-bond donors (Lipinski definition) is 0. The number of rotatable bonds is 20. The number of hydrogen-bond acceptors (Lipinski definition) is 11. The highest BCUT2D eigenvalue weighted by Gasteiger charge is 2.26. The lowest BCUT2D eigenvalue weighted by molar-refractivity contribution is -0.162. The minimum absolute atomic E-state index is 0.0135. The Morgan fingerprint density at radius 3 is 1.23 bits per heavy atom. The molecule has 0 rings (SSSR count). The molecular weight excluding hydrogens is 512 g/mol. The first-order chi connectivity index (χ1) is 18.2. The van der Waals surface area contributed by atoms with E-state index in [-0.39, 0.29) is 37.2 Å². The van der Waals surface area contributed by atoms with Crippen molar-refractivity contribution in [2.24, 2.45) is 0 Å². The van der Waals surface area contributed by atoms with Gasteiger partial charge < -0.3 is 23.7 Å². The SMILES string of the molecule is C=CC(CC(COC(=O)C(=C)C)OC(=O)CC(C)=O)OC(C=C)CC(COC(=O)C(=C)C)OC(=O)CC(C)=O. The van der Waals surface area contributed by atoms with Crippen LogP contribution >= 0.6 is 0 Å². The molecule has 0 aromatic carbocycles. The molecule has 0 radical (unpaired) electrons. The summed E-state index contributed by atoms with van der Waals surface area (Å²) in [6, 6.07) is 0. The van der Waals surface area contributed by atoms with Gasteiger partial charge >= 0.3 is 23.9 Å². The van der Waals surface area contributed by atoms with Crippen LogP contribution in [0, 0.1) is 0 Å². The molecule has 0 aliphatic heterocycles. The lowest BCUT2D eigenvalue weighted by Gasteiger charge is -2.27. The molecule has 0 fully saturated rings. The summed E-state index contributed by atoms with van der Waals surface area (Å²) < 4.78 is 26.8. The third-order valence-electron chi connectivity index (χ3n) is 4.75. The second-order valence-corrected chi connectivity index (χ2v) is 8.89. The molecule has 0 spiro atoms. The van der Waals surface area contributed by atoms with E-state index >= 15 is 0 Å². The highest BCUT2D eigenvalue weighted by Crippen LogP contribution is 2.17. The van der Waals surface area contributed by atoms with E-state index < -0.39 is 72.7 Å². The van der Waals surface area contributed by atoms with Gasteiger partial charge in [0, 0.05) is 24.0 Å². The van der Waals surface area contributed by atoms with Crippen LogP contribution in [0.15, 0.2) is 49.6 Å². The standard InChI is InChI=1S/C28H38O11/c1-9-21(13-23(15-35-27(33)17(3)4)38-25(31)11-19(7)29)37-22(10-2)14-24(16-36-28(34)18(5)6)39-26(32)12-20(8)30/h9-10,21-24H,1-3,5,11-16H2,4,6-8H3. The predicted octanol–water partition coefficient (Wildman–Crippen LogP) is 2.91. The van der Waals surface area contributed by atoms with Gasteiger partial charge in [-0.2, -0.15) is 0 Å². The second kappa shape index (κ2) is 18.4. The Morgan fingerprint density at radius 2 is 0.974 bits per heavy atom. The number of Topliss-reactive ketones (excluding diaryl/α,β-unsaturated/α-hetero) is 2. The minimum Gasteiger partial charge on any atom is -0.458 e. The van der Waals surface area contributed by atoms with Crippen molar-refractivity contribution in [2.45, 2.75) is 77.8 Å². The Balaban J connectivity index is 5.55. The molecule has 11 heteroatoms. The molecule has 0 N–H and O–H groups in total. The average molecular weight is 551 g/mol. The smallest absolute Gasteiger partial charge is 0.333 e. The van der Waals surface area contributed by atoms with E-state index in [1.807, 2.05) is 0 Å². The Labute approximate surface area is 228 Å². The zero-order chi connectivity index (χ0) is 30.1. The van der Waals surface area contributed by atoms with Crippen molar-refractivity contribution in [1.29, 1.82) is 0 Å². The van der Waals surface area contributed by atoms with Crippen molar-refractivity contribution in [3.63, 3.8) is 0 Å². The Kier molecular flexibility index (Phi) is 16.6. The van der Waals surface area contributed by atoms with Gasteiger partial charge in [-0.25, -0.2) is 9.59 Å². The maximum Gasteiger partial charge on any atom is 0.333 e. The van der Waals surface area contributed by atoms with Gasteiger partial charge in [-0.05, 0) is 27.7 Å². The number of ketones is 2. The van der Waals surface area contributed by atoms with Crippen LogP contribution < -0.4 is 0 Å². The summed E-state index contributed by atoms with van der Waals surface area (Å²) in [4.78, 5) is 70.4. The molecule has 0 amide bonds. The van der Waals surface area contributed by atoms with Gasteiger partial charge in [-0.15, -0.1) is 13.2 Å². The number of esters is 4. The molecule has 0 bridgehead atoms. The van der Waals surface area contributed by atoms with Gasteiger partial charge in [0.15, 0.2) is 0 Å². The summed E-state index contributed by atoms with van der Waals surface area (Å²) in [5, 5.41) is 0. The fraction of sp³-hybridized carbons (Fsp3) is 0.500. The van der Waals surface area contributed by atoms with Crippen molar-refractivity contribution in [3.8, 4) is 0 Å². The Bertz CT molecular complexity index is 887. The summed E-state index contributed by atoms with van der Waals surface area (Å²) >= 11 is 0. The van der Waals surface area contributed by atoms with Gasteiger partial charge in [0.1, 0.15) is 49.8 Å². The van der Waals surface area contributed by atoms with Crippen LogP contribution in [0.1, 0.15) is 53.4 Å². The van der Waals surface area contributed by atoms with E-state index in [0.29, 0.717) is 0 Å². The van der Waals surface area contributed by atoms with E-state index in [1.54, 1.807) is 0 Å². The number of carbonyl (C=O) groups excluding carboxylic acids is 6. The summed E-state index contributed by atoms with van der Waals surface area (Å²) in [6.07, 6.45) is -1.66. The van der Waals surface area contributed by atoms with E-state index in [0.717, 1.165) is 0 Å². The molecule has 0 saturated carbocycles. The first kappa shape index (κ1) is 35.1. The van der Waals surface area contributed by atoms with Crippen LogP contribution in [-0.4, -0.2) is 73.1 Å². The number of carbonyl (C=O) groups is 6. The van der Waals surface area contributed by atoms with Crippen molar-refractivity contribution in [2.75, 3.05) is 13.2 Å². The molecule has 216 valence electrons.